The van der Waals surface area contributed by atoms with Gasteiger partial charge in [0.15, 0.2) is 5.79 Å². The highest BCUT2D eigenvalue weighted by Gasteiger charge is 2.40. The lowest BCUT2D eigenvalue weighted by Crippen LogP contribution is -2.48. The van der Waals surface area contributed by atoms with Crippen LogP contribution in [0.25, 0.3) is 0 Å². The largest absolute Gasteiger partial charge is 0.378 e. The smallest absolute Gasteiger partial charge is 0.224 e. The van der Waals surface area contributed by atoms with Crippen molar-refractivity contribution in [2.24, 2.45) is 0 Å². The number of likely N-dealkylation sites (tertiary alicyclic amines) is 1. The summed E-state index contributed by atoms with van der Waals surface area (Å²) in [7, 11) is 3.95. The minimum atomic E-state index is -0.476. The van der Waals surface area contributed by atoms with Crippen LogP contribution < -0.4 is 9.80 Å². The lowest BCUT2D eigenvalue weighted by molar-refractivity contribution is -0.187. The lowest BCUT2D eigenvalue weighted by atomic mass is 10.0. The Balaban J connectivity index is 1.54. The molecule has 0 radical (unpaired) electrons. The number of carbonyl (C=O) groups excluding carboxylic acids is 2. The van der Waals surface area contributed by atoms with E-state index < -0.39 is 5.79 Å². The van der Waals surface area contributed by atoms with Gasteiger partial charge in [0, 0.05) is 71.3 Å². The Bertz CT molecular complexity index is 658. The molecule has 2 aliphatic rings. The predicted octanol–water partition coefficient (Wildman–Crippen LogP) is 1.86. The highest BCUT2D eigenvalue weighted by Crippen LogP contribution is 2.31. The minimum absolute atomic E-state index is 0.0641. The summed E-state index contributed by atoms with van der Waals surface area (Å²) in [6.07, 6.45) is 1.73. The van der Waals surface area contributed by atoms with Crippen molar-refractivity contribution < 1.29 is 19.1 Å². The van der Waals surface area contributed by atoms with Gasteiger partial charge in [-0.3, -0.25) is 9.59 Å². The number of hydrogen-bond donors (Lipinski definition) is 0. The molecule has 1 aromatic rings. The maximum atomic E-state index is 12.6. The van der Waals surface area contributed by atoms with Gasteiger partial charge in [-0.2, -0.15) is 0 Å². The van der Waals surface area contributed by atoms with Crippen molar-refractivity contribution in [2.45, 2.75) is 32.0 Å². The summed E-state index contributed by atoms with van der Waals surface area (Å²) in [4.78, 5) is 30.2. The first-order chi connectivity index (χ1) is 12.9. The van der Waals surface area contributed by atoms with Gasteiger partial charge in [0.2, 0.25) is 11.8 Å². The minimum Gasteiger partial charge on any atom is -0.378 e. The maximum absolute atomic E-state index is 12.6. The molecule has 1 aromatic carbocycles. The van der Waals surface area contributed by atoms with E-state index in [9.17, 15) is 9.59 Å². The normalized spacial score (nSPS) is 18.6. The molecule has 0 N–H and O–H groups in total. The van der Waals surface area contributed by atoms with Gasteiger partial charge in [-0.15, -0.1) is 0 Å². The maximum Gasteiger partial charge on any atom is 0.224 e. The third-order valence-corrected chi connectivity index (χ3v) is 5.30. The predicted molar refractivity (Wildman–Crippen MR) is 104 cm³/mol. The van der Waals surface area contributed by atoms with Crippen LogP contribution in [0.4, 0.5) is 11.4 Å². The highest BCUT2D eigenvalue weighted by molar-refractivity contribution is 5.92. The van der Waals surface area contributed by atoms with Gasteiger partial charge in [0.05, 0.1) is 13.2 Å². The molecule has 148 valence electrons. The van der Waals surface area contributed by atoms with E-state index in [1.807, 2.05) is 48.2 Å². The quantitative estimate of drug-likeness (QED) is 0.786. The van der Waals surface area contributed by atoms with Gasteiger partial charge in [-0.05, 0) is 24.3 Å². The van der Waals surface area contributed by atoms with Crippen molar-refractivity contribution in [1.29, 1.82) is 0 Å². The average Bonchev–Trinajstić information content (AvgIpc) is 3.10. The van der Waals surface area contributed by atoms with Crippen LogP contribution in [0.5, 0.6) is 0 Å². The number of anilines is 2. The van der Waals surface area contributed by atoms with Crippen LogP contribution in [0.3, 0.4) is 0 Å². The Kier molecular flexibility index (Phi) is 6.01. The topological polar surface area (TPSA) is 62.3 Å². The third kappa shape index (κ3) is 4.59. The fraction of sp³-hybridized carbons (Fsp3) is 0.600. The van der Waals surface area contributed by atoms with Crippen molar-refractivity contribution >= 4 is 23.2 Å². The van der Waals surface area contributed by atoms with Gasteiger partial charge in [-0.25, -0.2) is 0 Å². The molecule has 2 heterocycles. The molecule has 0 atom stereocenters. The zero-order chi connectivity index (χ0) is 19.4. The Morgan fingerprint density at radius 3 is 2.11 bits per heavy atom. The van der Waals surface area contributed by atoms with Crippen molar-refractivity contribution in [3.63, 3.8) is 0 Å². The molecular weight excluding hydrogens is 346 g/mol. The van der Waals surface area contributed by atoms with E-state index in [1.54, 1.807) is 4.90 Å². The molecule has 0 saturated carbocycles. The Hall–Kier alpha value is -2.12. The van der Waals surface area contributed by atoms with Gasteiger partial charge >= 0.3 is 0 Å². The zero-order valence-electron chi connectivity index (χ0n) is 16.4. The Morgan fingerprint density at radius 1 is 1.04 bits per heavy atom. The lowest BCUT2D eigenvalue weighted by Gasteiger charge is -2.37. The standard InChI is InChI=1S/C20H29N3O4/c1-16(24)23(18-6-4-17(5-7-18)21(2)3)11-8-19(25)22-12-9-20(10-13-22)26-14-15-27-20/h4-7H,8-15H2,1-3H3. The Morgan fingerprint density at radius 2 is 1.59 bits per heavy atom. The molecule has 2 fully saturated rings. The number of amides is 2. The molecule has 3 rings (SSSR count). The van der Waals surface area contributed by atoms with Crippen LogP contribution in [0.15, 0.2) is 24.3 Å². The highest BCUT2D eigenvalue weighted by atomic mass is 16.7. The van der Waals surface area contributed by atoms with E-state index >= 15 is 0 Å². The molecule has 2 saturated heterocycles. The summed E-state index contributed by atoms with van der Waals surface area (Å²) in [6, 6.07) is 7.78. The number of carbonyl (C=O) groups is 2. The molecular formula is C20H29N3O4. The second-order valence-corrected chi connectivity index (χ2v) is 7.32. The summed E-state index contributed by atoms with van der Waals surface area (Å²) in [5, 5.41) is 0. The number of piperidine rings is 1. The van der Waals surface area contributed by atoms with Crippen LogP contribution in [0, 0.1) is 0 Å². The fourth-order valence-electron chi connectivity index (χ4n) is 3.65. The monoisotopic (exact) mass is 375 g/mol. The first kappa shape index (κ1) is 19.6. The van der Waals surface area contributed by atoms with Crippen LogP contribution in [0.2, 0.25) is 0 Å². The van der Waals surface area contributed by atoms with Crippen LogP contribution in [0.1, 0.15) is 26.2 Å². The molecule has 27 heavy (non-hydrogen) atoms. The molecule has 2 aliphatic heterocycles. The number of ether oxygens (including phenoxy) is 2. The molecule has 1 spiro atoms. The van der Waals surface area contributed by atoms with Gasteiger partial charge in [0.1, 0.15) is 0 Å². The van der Waals surface area contributed by atoms with Crippen molar-refractivity contribution in [2.75, 3.05) is 56.7 Å². The Labute approximate surface area is 160 Å². The van der Waals surface area contributed by atoms with Crippen molar-refractivity contribution in [3.8, 4) is 0 Å². The van der Waals surface area contributed by atoms with Gasteiger partial charge < -0.3 is 24.2 Å². The molecule has 0 aliphatic carbocycles. The van der Waals surface area contributed by atoms with E-state index in [0.29, 0.717) is 52.1 Å². The van der Waals surface area contributed by atoms with Gasteiger partial charge in [-0.1, -0.05) is 0 Å². The second-order valence-electron chi connectivity index (χ2n) is 7.32. The van der Waals surface area contributed by atoms with E-state index in [1.165, 1.54) is 6.92 Å². The van der Waals surface area contributed by atoms with E-state index in [0.717, 1.165) is 11.4 Å². The molecule has 0 aromatic heterocycles. The molecule has 2 amide bonds. The van der Waals surface area contributed by atoms with Crippen LogP contribution in [-0.4, -0.2) is 69.4 Å². The van der Waals surface area contributed by atoms with Crippen molar-refractivity contribution in [1.82, 2.24) is 4.90 Å². The number of rotatable bonds is 5. The third-order valence-electron chi connectivity index (χ3n) is 5.30. The van der Waals surface area contributed by atoms with Crippen molar-refractivity contribution in [3.05, 3.63) is 24.3 Å². The number of benzene rings is 1. The van der Waals surface area contributed by atoms with E-state index in [-0.39, 0.29) is 11.8 Å². The first-order valence-electron chi connectivity index (χ1n) is 9.51. The average molecular weight is 375 g/mol. The fourth-order valence-corrected chi connectivity index (χ4v) is 3.65. The SMILES string of the molecule is CC(=O)N(CCC(=O)N1CCC2(CC1)OCCO2)c1ccc(N(C)C)cc1. The molecule has 0 unspecified atom stereocenters. The molecule has 0 bridgehead atoms. The number of nitrogens with zero attached hydrogens (tertiary/aromatic N) is 3. The summed E-state index contributed by atoms with van der Waals surface area (Å²) < 4.78 is 11.4. The summed E-state index contributed by atoms with van der Waals surface area (Å²) in [5.74, 6) is -0.471. The molecule has 7 nitrogen and oxygen atoms in total. The van der Waals surface area contributed by atoms with E-state index in [4.69, 9.17) is 9.47 Å². The number of hydrogen-bond acceptors (Lipinski definition) is 5. The second kappa shape index (κ2) is 8.27. The van der Waals surface area contributed by atoms with Gasteiger partial charge in [0.25, 0.3) is 0 Å². The summed E-state index contributed by atoms with van der Waals surface area (Å²) >= 11 is 0. The van der Waals surface area contributed by atoms with E-state index in [2.05, 4.69) is 0 Å². The zero-order valence-corrected chi connectivity index (χ0v) is 16.4. The van der Waals surface area contributed by atoms with Crippen LogP contribution >= 0.6 is 0 Å². The first-order valence-corrected chi connectivity index (χ1v) is 9.51. The molecule has 7 heteroatoms. The summed E-state index contributed by atoms with van der Waals surface area (Å²) in [5.41, 5.74) is 1.88. The summed E-state index contributed by atoms with van der Waals surface area (Å²) in [6.45, 7) is 4.45. The van der Waals surface area contributed by atoms with Crippen LogP contribution in [-0.2, 0) is 19.1 Å².